The molecule has 7 nitrogen and oxygen atoms in total. The van der Waals surface area contributed by atoms with Gasteiger partial charge in [0, 0.05) is 19.6 Å². The zero-order chi connectivity index (χ0) is 21.1. The number of likely N-dealkylation sites (tertiary alicyclic amines) is 1. The molecule has 0 spiro atoms. The van der Waals surface area contributed by atoms with Gasteiger partial charge in [-0.2, -0.15) is 0 Å². The second-order valence-electron chi connectivity index (χ2n) is 7.95. The maximum Gasteiger partial charge on any atom is 0.247 e. The molecule has 2 amide bonds. The summed E-state index contributed by atoms with van der Waals surface area (Å²) in [4.78, 5) is 28.1. The number of hydrogen-bond donors (Lipinski definition) is 2. The minimum atomic E-state index is -0.302. The molecule has 2 N–H and O–H groups in total. The number of amides is 2. The van der Waals surface area contributed by atoms with Crippen LogP contribution in [0.5, 0.6) is 5.75 Å². The summed E-state index contributed by atoms with van der Waals surface area (Å²) in [7, 11) is 3.61. The van der Waals surface area contributed by atoms with Crippen molar-refractivity contribution in [2.45, 2.75) is 12.5 Å². The lowest BCUT2D eigenvalue weighted by atomic mass is 9.84. The second-order valence-corrected chi connectivity index (χ2v) is 7.95. The number of rotatable bonds is 6. The molecule has 158 valence electrons. The van der Waals surface area contributed by atoms with Crippen LogP contribution in [0.25, 0.3) is 0 Å². The number of anilines is 1. The Kier molecular flexibility index (Phi) is 6.01. The van der Waals surface area contributed by atoms with Gasteiger partial charge in [0.2, 0.25) is 11.8 Å². The highest BCUT2D eigenvalue weighted by Gasteiger charge is 2.50. The minimum absolute atomic E-state index is 0.0181. The molecule has 0 bridgehead atoms. The Morgan fingerprint density at radius 3 is 2.63 bits per heavy atom. The number of methoxy groups -OCH3 is 1. The smallest absolute Gasteiger partial charge is 0.247 e. The number of nitrogens with one attached hydrogen (secondary N) is 2. The van der Waals surface area contributed by atoms with Gasteiger partial charge in [0.1, 0.15) is 5.75 Å². The van der Waals surface area contributed by atoms with Gasteiger partial charge in [0.25, 0.3) is 0 Å². The SMILES string of the molecule is COc1ccccc1CCNC(=O)C1CN(C)CC2C(=O)N(c3ccccc3)NC12. The molecule has 2 aliphatic heterocycles. The van der Waals surface area contributed by atoms with Crippen LogP contribution in [0.15, 0.2) is 54.6 Å². The molecule has 7 heteroatoms. The van der Waals surface area contributed by atoms with Gasteiger partial charge < -0.3 is 15.0 Å². The van der Waals surface area contributed by atoms with Crippen molar-refractivity contribution in [3.8, 4) is 5.75 Å². The zero-order valence-corrected chi connectivity index (χ0v) is 17.4. The Bertz CT molecular complexity index is 904. The lowest BCUT2D eigenvalue weighted by molar-refractivity contribution is -0.129. The molecule has 2 fully saturated rings. The van der Waals surface area contributed by atoms with Crippen molar-refractivity contribution in [2.24, 2.45) is 11.8 Å². The van der Waals surface area contributed by atoms with Crippen molar-refractivity contribution < 1.29 is 14.3 Å². The van der Waals surface area contributed by atoms with E-state index in [-0.39, 0.29) is 29.7 Å². The molecule has 0 aromatic heterocycles. The van der Waals surface area contributed by atoms with Gasteiger partial charge in [-0.05, 0) is 37.2 Å². The van der Waals surface area contributed by atoms with Gasteiger partial charge >= 0.3 is 0 Å². The Labute approximate surface area is 177 Å². The fourth-order valence-electron chi connectivity index (χ4n) is 4.43. The number of carbonyl (C=O) groups excluding carboxylic acids is 2. The number of ether oxygens (including phenoxy) is 1. The predicted molar refractivity (Wildman–Crippen MR) is 115 cm³/mol. The number of piperidine rings is 1. The first-order valence-corrected chi connectivity index (χ1v) is 10.3. The van der Waals surface area contributed by atoms with E-state index in [0.29, 0.717) is 26.1 Å². The van der Waals surface area contributed by atoms with Crippen LogP contribution in [0, 0.1) is 11.8 Å². The molecule has 0 saturated carbocycles. The van der Waals surface area contributed by atoms with Crippen molar-refractivity contribution >= 4 is 17.5 Å². The van der Waals surface area contributed by atoms with Crippen LogP contribution in [0.1, 0.15) is 5.56 Å². The summed E-state index contributed by atoms with van der Waals surface area (Å²) >= 11 is 0. The first kappa shape index (κ1) is 20.4. The van der Waals surface area contributed by atoms with Gasteiger partial charge in [0.15, 0.2) is 0 Å². The highest BCUT2D eigenvalue weighted by Crippen LogP contribution is 2.31. The van der Waals surface area contributed by atoms with Crippen LogP contribution in [-0.4, -0.2) is 56.5 Å². The number of hydrogen-bond acceptors (Lipinski definition) is 5. The van der Waals surface area contributed by atoms with E-state index in [2.05, 4.69) is 15.6 Å². The Balaban J connectivity index is 1.43. The maximum absolute atomic E-state index is 13.0. The normalized spacial score (nSPS) is 23.9. The molecule has 2 heterocycles. The summed E-state index contributed by atoms with van der Waals surface area (Å²) in [5, 5.41) is 4.66. The topological polar surface area (TPSA) is 73.9 Å². The van der Waals surface area contributed by atoms with Crippen LogP contribution in [0.4, 0.5) is 5.69 Å². The van der Waals surface area contributed by atoms with E-state index >= 15 is 0 Å². The van der Waals surface area contributed by atoms with Crippen molar-refractivity contribution in [3.63, 3.8) is 0 Å². The molecule has 0 radical (unpaired) electrons. The molecule has 2 aromatic rings. The Morgan fingerprint density at radius 1 is 1.13 bits per heavy atom. The third-order valence-electron chi connectivity index (χ3n) is 5.94. The highest BCUT2D eigenvalue weighted by atomic mass is 16.5. The summed E-state index contributed by atoms with van der Waals surface area (Å²) < 4.78 is 5.38. The molecule has 0 aliphatic carbocycles. The number of para-hydroxylation sites is 2. The molecular weight excluding hydrogens is 380 g/mol. The third-order valence-corrected chi connectivity index (χ3v) is 5.94. The lowest BCUT2D eigenvalue weighted by Gasteiger charge is -2.36. The van der Waals surface area contributed by atoms with Gasteiger partial charge in [-0.3, -0.25) is 9.59 Å². The fraction of sp³-hybridized carbons (Fsp3) is 0.391. The van der Waals surface area contributed by atoms with E-state index in [1.165, 1.54) is 0 Å². The molecule has 4 rings (SSSR count). The fourth-order valence-corrected chi connectivity index (χ4v) is 4.43. The largest absolute Gasteiger partial charge is 0.496 e. The van der Waals surface area contributed by atoms with E-state index in [1.807, 2.05) is 61.6 Å². The van der Waals surface area contributed by atoms with E-state index in [1.54, 1.807) is 12.1 Å². The van der Waals surface area contributed by atoms with Crippen molar-refractivity contribution in [3.05, 3.63) is 60.2 Å². The molecule has 2 aromatic carbocycles. The predicted octanol–water partition coefficient (Wildman–Crippen LogP) is 1.45. The van der Waals surface area contributed by atoms with E-state index in [4.69, 9.17) is 4.74 Å². The van der Waals surface area contributed by atoms with Gasteiger partial charge in [-0.1, -0.05) is 36.4 Å². The van der Waals surface area contributed by atoms with Crippen LogP contribution >= 0.6 is 0 Å². The number of nitrogens with zero attached hydrogens (tertiary/aromatic N) is 2. The summed E-state index contributed by atoms with van der Waals surface area (Å²) in [5.74, 6) is 0.273. The van der Waals surface area contributed by atoms with E-state index < -0.39 is 0 Å². The zero-order valence-electron chi connectivity index (χ0n) is 17.4. The van der Waals surface area contributed by atoms with Crippen LogP contribution in [-0.2, 0) is 16.0 Å². The second kappa shape index (κ2) is 8.85. The Morgan fingerprint density at radius 2 is 1.87 bits per heavy atom. The molecule has 2 aliphatic rings. The maximum atomic E-state index is 13.0. The van der Waals surface area contributed by atoms with E-state index in [9.17, 15) is 9.59 Å². The monoisotopic (exact) mass is 408 g/mol. The minimum Gasteiger partial charge on any atom is -0.496 e. The van der Waals surface area contributed by atoms with Gasteiger partial charge in [-0.15, -0.1) is 0 Å². The number of benzene rings is 2. The lowest BCUT2D eigenvalue weighted by Crippen LogP contribution is -2.56. The summed E-state index contributed by atoms with van der Waals surface area (Å²) in [6, 6.07) is 17.1. The van der Waals surface area contributed by atoms with E-state index in [0.717, 1.165) is 17.0 Å². The average molecular weight is 409 g/mol. The van der Waals surface area contributed by atoms with Crippen LogP contribution in [0.3, 0.4) is 0 Å². The number of carbonyl (C=O) groups is 2. The van der Waals surface area contributed by atoms with Crippen molar-refractivity contribution in [2.75, 3.05) is 38.8 Å². The molecule has 30 heavy (non-hydrogen) atoms. The van der Waals surface area contributed by atoms with Gasteiger partial charge in [0.05, 0.1) is 30.7 Å². The average Bonchev–Trinajstić information content (AvgIpc) is 3.10. The number of hydrazine groups is 1. The number of fused-ring (bicyclic) bond motifs is 1. The Hall–Kier alpha value is -2.90. The quantitative estimate of drug-likeness (QED) is 0.757. The molecular formula is C23H28N4O3. The standard InChI is InChI=1S/C23H28N4O3/c1-26-14-18(22(28)24-13-12-16-8-6-7-11-20(16)30-2)21-19(15-26)23(29)27(25-21)17-9-4-3-5-10-17/h3-11,18-19,21,25H,12-15H2,1-2H3,(H,24,28). The van der Waals surface area contributed by atoms with Crippen molar-refractivity contribution in [1.29, 1.82) is 0 Å². The van der Waals surface area contributed by atoms with Crippen molar-refractivity contribution in [1.82, 2.24) is 15.6 Å². The summed E-state index contributed by atoms with van der Waals surface area (Å²) in [6.45, 7) is 1.78. The molecule has 3 unspecified atom stereocenters. The molecule has 3 atom stereocenters. The first-order chi connectivity index (χ1) is 14.6. The van der Waals surface area contributed by atoms with Crippen LogP contribution in [0.2, 0.25) is 0 Å². The summed E-state index contributed by atoms with van der Waals surface area (Å²) in [5.41, 5.74) is 5.17. The highest BCUT2D eigenvalue weighted by molar-refractivity contribution is 5.98. The summed E-state index contributed by atoms with van der Waals surface area (Å²) in [6.07, 6.45) is 0.689. The molecule has 2 saturated heterocycles. The third kappa shape index (κ3) is 4.04. The van der Waals surface area contributed by atoms with Crippen LogP contribution < -0.4 is 20.5 Å². The first-order valence-electron chi connectivity index (χ1n) is 10.3. The van der Waals surface area contributed by atoms with Gasteiger partial charge in [-0.25, -0.2) is 10.4 Å².